The van der Waals surface area contributed by atoms with Gasteiger partial charge in [0.2, 0.25) is 0 Å². The predicted molar refractivity (Wildman–Crippen MR) is 116 cm³/mol. The van der Waals surface area contributed by atoms with Crippen LogP contribution in [0.25, 0.3) is 20.8 Å². The first-order chi connectivity index (χ1) is 14.1. The maximum Gasteiger partial charge on any atom is 0.151 e. The molecule has 0 radical (unpaired) electrons. The van der Waals surface area contributed by atoms with Gasteiger partial charge in [0.1, 0.15) is 23.0 Å². The molecule has 1 aliphatic rings. The van der Waals surface area contributed by atoms with Crippen LogP contribution in [-0.4, -0.2) is 44.2 Å². The zero-order chi connectivity index (χ0) is 20.0. The molecule has 146 valence electrons. The zero-order valence-corrected chi connectivity index (χ0v) is 17.2. The van der Waals surface area contributed by atoms with Crippen LogP contribution in [-0.2, 0) is 0 Å². The minimum absolute atomic E-state index is 0.302. The number of fused-ring (bicyclic) bond motifs is 1. The maximum atomic E-state index is 9.50. The summed E-state index contributed by atoms with van der Waals surface area (Å²) in [6.07, 6.45) is 2.88. The highest BCUT2D eigenvalue weighted by Gasteiger charge is 2.25. The van der Waals surface area contributed by atoms with Crippen LogP contribution in [0.2, 0.25) is 10.0 Å². The largest absolute Gasteiger partial charge is 0.389 e. The van der Waals surface area contributed by atoms with Gasteiger partial charge in [0.15, 0.2) is 5.82 Å². The molecule has 29 heavy (non-hydrogen) atoms. The second kappa shape index (κ2) is 7.38. The molecule has 4 heterocycles. The molecule has 0 amide bonds. The lowest BCUT2D eigenvalue weighted by Gasteiger charge is -2.36. The zero-order valence-electron chi connectivity index (χ0n) is 14.9. The summed E-state index contributed by atoms with van der Waals surface area (Å²) < 4.78 is 0.873. The van der Waals surface area contributed by atoms with Crippen LogP contribution in [0.1, 0.15) is 0 Å². The fraction of sp³-hybridized carbons (Fsp3) is 0.158. The summed E-state index contributed by atoms with van der Waals surface area (Å²) in [5, 5.41) is 14.6. The second-order valence-electron chi connectivity index (χ2n) is 6.57. The lowest BCUT2D eigenvalue weighted by atomic mass is 10.2. The number of pyridine rings is 1. The lowest BCUT2D eigenvalue weighted by molar-refractivity contribution is 0.141. The minimum atomic E-state index is -0.302. The fourth-order valence-corrected chi connectivity index (χ4v) is 4.87. The molecule has 5 rings (SSSR count). The van der Waals surface area contributed by atoms with Crippen molar-refractivity contribution in [1.82, 2.24) is 19.9 Å². The van der Waals surface area contributed by atoms with Crippen LogP contribution >= 0.6 is 34.5 Å². The molecule has 1 fully saturated rings. The Hall–Kier alpha value is -2.52. The van der Waals surface area contributed by atoms with E-state index in [0.29, 0.717) is 40.3 Å². The van der Waals surface area contributed by atoms with Gasteiger partial charge in [0.25, 0.3) is 0 Å². The Kier molecular flexibility index (Phi) is 4.71. The van der Waals surface area contributed by atoms with Crippen molar-refractivity contribution in [2.75, 3.05) is 23.3 Å². The Balaban J connectivity index is 1.50. The molecule has 0 bridgehead atoms. The first-order valence-corrected chi connectivity index (χ1v) is 10.4. The average Bonchev–Trinajstić information content (AvgIpc) is 3.10. The number of β-amino-alcohol motifs (C(OH)–C–C–N with tert-alkyl or cyclic N) is 1. The monoisotopic (exact) mass is 444 g/mol. The van der Waals surface area contributed by atoms with E-state index >= 15 is 0 Å². The molecule has 3 aromatic heterocycles. The molecule has 10 heteroatoms. The van der Waals surface area contributed by atoms with Crippen molar-refractivity contribution in [2.45, 2.75) is 6.10 Å². The smallest absolute Gasteiger partial charge is 0.151 e. The number of aromatic nitrogens is 4. The molecule has 1 aliphatic heterocycles. The minimum Gasteiger partial charge on any atom is -0.389 e. The van der Waals surface area contributed by atoms with E-state index < -0.39 is 0 Å². The highest BCUT2D eigenvalue weighted by molar-refractivity contribution is 7.22. The number of aliphatic hydroxyl groups excluding tert-OH is 1. The van der Waals surface area contributed by atoms with Crippen LogP contribution in [0.4, 0.5) is 17.5 Å². The molecule has 0 saturated carbocycles. The normalized spacial score (nSPS) is 14.2. The van der Waals surface area contributed by atoms with Gasteiger partial charge in [-0.25, -0.2) is 19.9 Å². The summed E-state index contributed by atoms with van der Waals surface area (Å²) in [6.45, 7) is 1.14. The van der Waals surface area contributed by atoms with Gasteiger partial charge in [-0.2, -0.15) is 0 Å². The van der Waals surface area contributed by atoms with Crippen LogP contribution < -0.4 is 10.2 Å². The first kappa shape index (κ1) is 18.5. The van der Waals surface area contributed by atoms with E-state index in [1.54, 1.807) is 24.4 Å². The number of nitrogens with one attached hydrogen (secondary N) is 1. The van der Waals surface area contributed by atoms with Gasteiger partial charge in [-0.15, -0.1) is 11.3 Å². The fourth-order valence-electron chi connectivity index (χ4n) is 3.11. The number of aliphatic hydroxyl groups is 1. The molecule has 0 spiro atoms. The predicted octanol–water partition coefficient (Wildman–Crippen LogP) is 4.38. The quantitative estimate of drug-likeness (QED) is 0.482. The standard InChI is InChI=1S/C19H14Cl2N6OS/c20-11-2-1-3-12(21)16(11)19-25-13-4-5-22-18(17(13)29-19)26-14-6-15(24-9-23-14)27-7-10(28)8-27/h1-6,9-10,28H,7-8H2,(H,22,23,24,26). The molecule has 0 atom stereocenters. The van der Waals surface area contributed by atoms with Gasteiger partial charge in [0.05, 0.1) is 26.4 Å². The topological polar surface area (TPSA) is 87.1 Å². The first-order valence-electron chi connectivity index (χ1n) is 8.80. The van der Waals surface area contributed by atoms with E-state index in [2.05, 4.69) is 25.3 Å². The van der Waals surface area contributed by atoms with Gasteiger partial charge in [-0.3, -0.25) is 0 Å². The third-order valence-corrected chi connectivity index (χ3v) is 6.29. The van der Waals surface area contributed by atoms with E-state index in [9.17, 15) is 5.11 Å². The summed E-state index contributed by atoms with van der Waals surface area (Å²) in [5.74, 6) is 2.01. The van der Waals surface area contributed by atoms with E-state index in [-0.39, 0.29) is 6.10 Å². The van der Waals surface area contributed by atoms with E-state index in [1.165, 1.54) is 17.7 Å². The average molecular weight is 445 g/mol. The van der Waals surface area contributed by atoms with Gasteiger partial charge < -0.3 is 15.3 Å². The number of rotatable bonds is 4. The summed E-state index contributed by atoms with van der Waals surface area (Å²) in [4.78, 5) is 19.7. The maximum absolute atomic E-state index is 9.50. The van der Waals surface area contributed by atoms with Crippen LogP contribution in [0.3, 0.4) is 0 Å². The van der Waals surface area contributed by atoms with Crippen molar-refractivity contribution in [3.8, 4) is 10.6 Å². The van der Waals surface area contributed by atoms with E-state index in [0.717, 1.165) is 21.0 Å². The molecule has 2 N–H and O–H groups in total. The third-order valence-electron chi connectivity index (χ3n) is 4.57. The Bertz CT molecular complexity index is 1190. The molecule has 0 aliphatic carbocycles. The summed E-state index contributed by atoms with van der Waals surface area (Å²) in [5.41, 5.74) is 1.50. The molecule has 1 saturated heterocycles. The highest BCUT2D eigenvalue weighted by atomic mass is 35.5. The summed E-state index contributed by atoms with van der Waals surface area (Å²) in [6, 6.07) is 9.07. The number of benzene rings is 1. The Morgan fingerprint density at radius 1 is 1.10 bits per heavy atom. The van der Waals surface area contributed by atoms with Gasteiger partial charge >= 0.3 is 0 Å². The number of anilines is 3. The molecule has 1 aromatic carbocycles. The van der Waals surface area contributed by atoms with Crippen molar-refractivity contribution in [3.05, 3.63) is 52.9 Å². The second-order valence-corrected chi connectivity index (χ2v) is 8.38. The number of halogens is 2. The molecular weight excluding hydrogens is 431 g/mol. The summed E-state index contributed by atoms with van der Waals surface area (Å²) >= 11 is 14.2. The van der Waals surface area contributed by atoms with Crippen molar-refractivity contribution >= 4 is 62.2 Å². The van der Waals surface area contributed by atoms with Crippen molar-refractivity contribution in [3.63, 3.8) is 0 Å². The van der Waals surface area contributed by atoms with Crippen LogP contribution in [0, 0.1) is 0 Å². The molecule has 0 unspecified atom stereocenters. The Morgan fingerprint density at radius 3 is 2.66 bits per heavy atom. The molecule has 7 nitrogen and oxygen atoms in total. The lowest BCUT2D eigenvalue weighted by Crippen LogP contribution is -2.51. The number of hydrogen-bond donors (Lipinski definition) is 2. The number of thiazole rings is 1. The number of hydrogen-bond acceptors (Lipinski definition) is 8. The van der Waals surface area contributed by atoms with Crippen LogP contribution in [0.5, 0.6) is 0 Å². The van der Waals surface area contributed by atoms with Crippen molar-refractivity contribution in [2.24, 2.45) is 0 Å². The molecular formula is C19H14Cl2N6OS. The van der Waals surface area contributed by atoms with Gasteiger partial charge in [0, 0.05) is 30.9 Å². The SMILES string of the molecule is OC1CN(c2cc(Nc3nccc4nc(-c5c(Cl)cccc5Cl)sc34)ncn2)C1. The Labute approximate surface area is 180 Å². The van der Waals surface area contributed by atoms with E-state index in [1.807, 2.05) is 17.0 Å². The molecule has 4 aromatic rings. The van der Waals surface area contributed by atoms with Crippen molar-refractivity contribution in [1.29, 1.82) is 0 Å². The summed E-state index contributed by atoms with van der Waals surface area (Å²) in [7, 11) is 0. The number of nitrogens with zero attached hydrogens (tertiary/aromatic N) is 5. The van der Waals surface area contributed by atoms with Gasteiger partial charge in [-0.1, -0.05) is 29.3 Å². The van der Waals surface area contributed by atoms with Crippen LogP contribution in [0.15, 0.2) is 42.9 Å². The highest BCUT2D eigenvalue weighted by Crippen LogP contribution is 2.40. The van der Waals surface area contributed by atoms with Gasteiger partial charge in [-0.05, 0) is 18.2 Å². The third kappa shape index (κ3) is 3.49. The Morgan fingerprint density at radius 2 is 1.90 bits per heavy atom. The van der Waals surface area contributed by atoms with E-state index in [4.69, 9.17) is 23.2 Å². The van der Waals surface area contributed by atoms with Crippen molar-refractivity contribution < 1.29 is 5.11 Å².